The Labute approximate surface area is 174 Å². The van der Waals surface area contributed by atoms with E-state index in [0.29, 0.717) is 23.7 Å². The topological polar surface area (TPSA) is 85.0 Å². The Kier molecular flexibility index (Phi) is 5.26. The van der Waals surface area contributed by atoms with Crippen molar-refractivity contribution < 1.29 is 14.4 Å². The predicted molar refractivity (Wildman–Crippen MR) is 112 cm³/mol. The van der Waals surface area contributed by atoms with Gasteiger partial charge in [0.25, 0.3) is 11.8 Å². The Balaban J connectivity index is 1.46. The molecule has 29 heavy (non-hydrogen) atoms. The number of amides is 4. The van der Waals surface area contributed by atoms with Gasteiger partial charge in [0.1, 0.15) is 10.9 Å². The van der Waals surface area contributed by atoms with Gasteiger partial charge in [-0.1, -0.05) is 12.1 Å². The number of fused-ring (bicyclic) bond motifs is 1. The molecule has 0 radical (unpaired) electrons. The Morgan fingerprint density at radius 1 is 1.17 bits per heavy atom. The lowest BCUT2D eigenvalue weighted by molar-refractivity contribution is -0.131. The van der Waals surface area contributed by atoms with Crippen molar-refractivity contribution in [2.75, 3.05) is 31.1 Å². The summed E-state index contributed by atoms with van der Waals surface area (Å²) in [5.41, 5.74) is 2.75. The molecular weight excluding hydrogens is 390 g/mol. The molecule has 3 aliphatic heterocycles. The molecule has 2 fully saturated rings. The fraction of sp³-hybridized carbons (Fsp3) is 0.450. The second-order valence-corrected chi connectivity index (χ2v) is 8.59. The van der Waals surface area contributed by atoms with E-state index in [-0.39, 0.29) is 17.9 Å². The first-order chi connectivity index (χ1) is 13.9. The van der Waals surface area contributed by atoms with E-state index >= 15 is 0 Å². The van der Waals surface area contributed by atoms with E-state index in [2.05, 4.69) is 40.1 Å². The zero-order valence-electron chi connectivity index (χ0n) is 16.8. The van der Waals surface area contributed by atoms with Crippen LogP contribution in [0.5, 0.6) is 0 Å². The van der Waals surface area contributed by atoms with Crippen molar-refractivity contribution in [1.82, 2.24) is 19.8 Å². The molecule has 0 aromatic heterocycles. The summed E-state index contributed by atoms with van der Waals surface area (Å²) in [6.45, 7) is 8.31. The van der Waals surface area contributed by atoms with Gasteiger partial charge in [0.05, 0.1) is 5.70 Å². The molecule has 0 aliphatic carbocycles. The summed E-state index contributed by atoms with van der Waals surface area (Å²) in [6.07, 6.45) is 0. The number of nitrogens with zero attached hydrogens (tertiary/aromatic N) is 3. The van der Waals surface area contributed by atoms with Crippen LogP contribution in [0, 0.1) is 6.92 Å². The molecule has 0 bridgehead atoms. The zero-order chi connectivity index (χ0) is 20.7. The van der Waals surface area contributed by atoms with E-state index in [1.54, 1.807) is 18.7 Å². The highest BCUT2D eigenvalue weighted by molar-refractivity contribution is 8.02. The van der Waals surface area contributed by atoms with Gasteiger partial charge in [-0.25, -0.2) is 9.52 Å². The lowest BCUT2D eigenvalue weighted by Crippen LogP contribution is -2.60. The number of anilines is 1. The number of urea groups is 1. The molecule has 4 rings (SSSR count). The molecule has 4 amide bonds. The second kappa shape index (κ2) is 7.72. The minimum absolute atomic E-state index is 0.144. The summed E-state index contributed by atoms with van der Waals surface area (Å²) in [5, 5.41) is 2.76. The number of hydrogen-bond acceptors (Lipinski definition) is 6. The Bertz CT molecular complexity index is 892. The lowest BCUT2D eigenvalue weighted by atomic mass is 10.1. The molecule has 8 nitrogen and oxygen atoms in total. The summed E-state index contributed by atoms with van der Waals surface area (Å²) in [6, 6.07) is 6.93. The van der Waals surface area contributed by atoms with E-state index in [4.69, 9.17) is 0 Å². The highest BCUT2D eigenvalue weighted by atomic mass is 32.2. The quantitative estimate of drug-likeness (QED) is 0.727. The van der Waals surface area contributed by atoms with Crippen LogP contribution in [0.4, 0.5) is 10.5 Å². The first-order valence-electron chi connectivity index (χ1n) is 9.78. The van der Waals surface area contributed by atoms with Crippen molar-refractivity contribution in [3.8, 4) is 0 Å². The third kappa shape index (κ3) is 3.60. The molecular formula is C20H25N5O3S. The molecule has 2 N–H and O–H groups in total. The van der Waals surface area contributed by atoms with Crippen LogP contribution in [-0.2, 0) is 9.59 Å². The molecule has 3 heterocycles. The third-order valence-electron chi connectivity index (χ3n) is 5.40. The lowest BCUT2D eigenvalue weighted by Gasteiger charge is -2.36. The highest BCUT2D eigenvalue weighted by Gasteiger charge is 2.45. The average Bonchev–Trinajstić information content (AvgIpc) is 3.11. The van der Waals surface area contributed by atoms with Crippen molar-refractivity contribution in [3.05, 3.63) is 40.4 Å². The number of nitrogens with one attached hydrogen (secondary N) is 2. The van der Waals surface area contributed by atoms with E-state index < -0.39 is 12.1 Å². The number of rotatable bonds is 3. The van der Waals surface area contributed by atoms with Crippen LogP contribution < -0.4 is 14.9 Å². The number of benzene rings is 1. The average molecular weight is 416 g/mol. The van der Waals surface area contributed by atoms with Crippen LogP contribution >= 0.6 is 11.9 Å². The fourth-order valence-corrected chi connectivity index (χ4v) is 4.81. The smallest absolute Gasteiger partial charge is 0.328 e. The molecule has 1 atom stereocenters. The summed E-state index contributed by atoms with van der Waals surface area (Å²) in [4.78, 5) is 43.8. The van der Waals surface area contributed by atoms with Crippen molar-refractivity contribution in [2.24, 2.45) is 0 Å². The van der Waals surface area contributed by atoms with Gasteiger partial charge in [0.15, 0.2) is 0 Å². The largest absolute Gasteiger partial charge is 0.368 e. The van der Waals surface area contributed by atoms with Gasteiger partial charge >= 0.3 is 6.03 Å². The van der Waals surface area contributed by atoms with Gasteiger partial charge < -0.3 is 15.1 Å². The zero-order valence-corrected chi connectivity index (χ0v) is 17.6. The summed E-state index contributed by atoms with van der Waals surface area (Å²) in [5.74, 6) is -0.465. The summed E-state index contributed by atoms with van der Waals surface area (Å²) < 4.78 is 3.00. The SMILES string of the molecule is Cc1cccc(N2CCN(C(=O)C3=C4NC(=O)N(C(C)C)C(=O)C4NS3)CC2)c1. The number of carbonyl (C=O) groups is 3. The van der Waals surface area contributed by atoms with Crippen LogP contribution in [0.15, 0.2) is 34.9 Å². The van der Waals surface area contributed by atoms with Crippen LogP contribution in [-0.4, -0.2) is 65.9 Å². The molecule has 154 valence electrons. The molecule has 1 aromatic rings. The van der Waals surface area contributed by atoms with Gasteiger partial charge in [-0.15, -0.1) is 0 Å². The van der Waals surface area contributed by atoms with E-state index in [1.165, 1.54) is 10.5 Å². The van der Waals surface area contributed by atoms with Crippen molar-refractivity contribution in [1.29, 1.82) is 0 Å². The molecule has 9 heteroatoms. The van der Waals surface area contributed by atoms with Crippen LogP contribution in [0.1, 0.15) is 19.4 Å². The monoisotopic (exact) mass is 415 g/mol. The minimum Gasteiger partial charge on any atom is -0.368 e. The van der Waals surface area contributed by atoms with E-state index in [0.717, 1.165) is 30.7 Å². The van der Waals surface area contributed by atoms with Crippen LogP contribution in [0.25, 0.3) is 0 Å². The Hall–Kier alpha value is -2.52. The van der Waals surface area contributed by atoms with Gasteiger partial charge in [0.2, 0.25) is 0 Å². The standard InChI is InChI=1S/C20H25N5O3S/c1-12(2)25-18(26)16-15(21-20(25)28)17(29-22-16)19(27)24-9-7-23(8-10-24)14-6-4-5-13(3)11-14/h4-6,11-12,16,22H,7-10H2,1-3H3,(H,21,28). The van der Waals surface area contributed by atoms with Crippen molar-refractivity contribution in [2.45, 2.75) is 32.9 Å². The van der Waals surface area contributed by atoms with Crippen molar-refractivity contribution in [3.63, 3.8) is 0 Å². The van der Waals surface area contributed by atoms with Crippen LogP contribution in [0.3, 0.4) is 0 Å². The van der Waals surface area contributed by atoms with Gasteiger partial charge in [-0.2, -0.15) is 0 Å². The molecule has 3 aliphatic rings. The highest BCUT2D eigenvalue weighted by Crippen LogP contribution is 2.32. The van der Waals surface area contributed by atoms with Gasteiger partial charge in [0, 0.05) is 37.9 Å². The second-order valence-electron chi connectivity index (χ2n) is 7.75. The maximum Gasteiger partial charge on any atom is 0.328 e. The number of imide groups is 1. The summed E-state index contributed by atoms with van der Waals surface area (Å²) in [7, 11) is 0. The molecule has 2 saturated heterocycles. The molecule has 1 aromatic carbocycles. The number of hydrogen-bond donors (Lipinski definition) is 2. The first-order valence-corrected chi connectivity index (χ1v) is 10.6. The number of aryl methyl sites for hydroxylation is 1. The van der Waals surface area contributed by atoms with Gasteiger partial charge in [-0.3, -0.25) is 14.5 Å². The number of carbonyl (C=O) groups excluding carboxylic acids is 3. The maximum absolute atomic E-state index is 13.1. The normalized spacial score (nSPS) is 22.3. The molecule has 0 spiro atoms. The Morgan fingerprint density at radius 3 is 2.55 bits per heavy atom. The first kappa shape index (κ1) is 19.8. The molecule has 1 unspecified atom stereocenters. The predicted octanol–water partition coefficient (Wildman–Crippen LogP) is 1.44. The van der Waals surface area contributed by atoms with Crippen molar-refractivity contribution >= 4 is 35.5 Å². The van der Waals surface area contributed by atoms with Gasteiger partial charge in [-0.05, 0) is 50.4 Å². The fourth-order valence-electron chi connectivity index (χ4n) is 3.86. The third-order valence-corrected chi connectivity index (χ3v) is 6.35. The van der Waals surface area contributed by atoms with Crippen LogP contribution in [0.2, 0.25) is 0 Å². The maximum atomic E-state index is 13.1. The minimum atomic E-state index is -0.687. The summed E-state index contributed by atoms with van der Waals surface area (Å²) >= 11 is 1.13. The van der Waals surface area contributed by atoms with E-state index in [1.807, 2.05) is 6.07 Å². The molecule has 0 saturated carbocycles. The number of piperazine rings is 1. The Morgan fingerprint density at radius 2 is 1.90 bits per heavy atom. The van der Waals surface area contributed by atoms with E-state index in [9.17, 15) is 14.4 Å².